The van der Waals surface area contributed by atoms with Crippen LogP contribution in [0.2, 0.25) is 0 Å². The molecular weight excluding hydrogens is 312 g/mol. The number of carbonyl (C=O) groups is 1. The van der Waals surface area contributed by atoms with E-state index in [0.717, 1.165) is 54.7 Å². The number of nitrogen functional groups attached to an aromatic ring is 1. The smallest absolute Gasteiger partial charge is 0.409 e. The maximum atomic E-state index is 10.9. The molecule has 0 fully saturated rings. The number of fused-ring (bicyclic) bond motifs is 2. The molecule has 1 unspecified atom stereocenters. The third-order valence-corrected chi connectivity index (χ3v) is 4.95. The van der Waals surface area contributed by atoms with Gasteiger partial charge in [0.2, 0.25) is 0 Å². The topological polar surface area (TPSA) is 65.2 Å². The average molecular weight is 329 g/mol. The first kappa shape index (κ1) is 14.5. The van der Waals surface area contributed by atoms with Crippen LogP contribution in [-0.4, -0.2) is 10.4 Å². The van der Waals surface area contributed by atoms with Crippen LogP contribution < -0.4 is 10.5 Å². The van der Waals surface area contributed by atoms with Gasteiger partial charge >= 0.3 is 5.43 Å². The second-order valence-electron chi connectivity index (χ2n) is 6.17. The molecular formula is C18H17ClN2O2. The Morgan fingerprint density at radius 3 is 2.96 bits per heavy atom. The van der Waals surface area contributed by atoms with E-state index in [2.05, 4.69) is 0 Å². The number of carbonyl (C=O) groups excluding carboxylic acids is 1. The molecule has 0 saturated carbocycles. The zero-order valence-corrected chi connectivity index (χ0v) is 13.4. The van der Waals surface area contributed by atoms with Crippen molar-refractivity contribution in [3.63, 3.8) is 0 Å². The van der Waals surface area contributed by atoms with Gasteiger partial charge in [0.15, 0.2) is 0 Å². The van der Waals surface area contributed by atoms with Gasteiger partial charge in [0.25, 0.3) is 0 Å². The highest BCUT2D eigenvalue weighted by atomic mass is 35.5. The van der Waals surface area contributed by atoms with Crippen molar-refractivity contribution in [3.05, 3.63) is 52.3 Å². The third-order valence-electron chi connectivity index (χ3n) is 4.88. The first-order valence-corrected chi connectivity index (χ1v) is 8.28. The average Bonchev–Trinajstić information content (AvgIpc) is 3.14. The molecule has 0 bridgehead atoms. The molecule has 118 valence electrons. The number of aromatic nitrogens is 1. The molecule has 0 aliphatic heterocycles. The van der Waals surface area contributed by atoms with Crippen molar-refractivity contribution in [1.29, 1.82) is 0 Å². The summed E-state index contributed by atoms with van der Waals surface area (Å²) in [6, 6.07) is 7.50. The summed E-state index contributed by atoms with van der Waals surface area (Å²) in [6.07, 6.45) is 5.14. The number of hydrogen-bond acceptors (Lipinski definition) is 4. The van der Waals surface area contributed by atoms with Gasteiger partial charge in [0.05, 0.1) is 5.69 Å². The number of halogens is 1. The number of anilines is 1. The fourth-order valence-corrected chi connectivity index (χ4v) is 3.95. The first-order valence-electron chi connectivity index (χ1n) is 7.90. The monoisotopic (exact) mass is 328 g/mol. The second-order valence-corrected chi connectivity index (χ2v) is 6.48. The summed E-state index contributed by atoms with van der Waals surface area (Å²) < 4.78 is 4.98. The van der Waals surface area contributed by atoms with E-state index in [1.54, 1.807) is 6.07 Å². The number of pyridine rings is 1. The lowest BCUT2D eigenvalue weighted by Crippen LogP contribution is -2.06. The standard InChI is InChI=1S/C18H17ClN2O2/c19-18(22)23-11-4-1-3-10(9-11)12-7-8-14-16(20)13-5-2-6-15(13)21-17(12)14/h1,3-4,9,12H,2,5-8H2,(H2,20,21). The zero-order valence-electron chi connectivity index (χ0n) is 12.6. The van der Waals surface area contributed by atoms with Crippen molar-refractivity contribution in [2.45, 2.75) is 38.0 Å². The van der Waals surface area contributed by atoms with Crippen molar-refractivity contribution in [2.24, 2.45) is 0 Å². The van der Waals surface area contributed by atoms with Crippen LogP contribution >= 0.6 is 11.6 Å². The van der Waals surface area contributed by atoms with Crippen LogP contribution in [0.3, 0.4) is 0 Å². The Hall–Kier alpha value is -2.07. The highest BCUT2D eigenvalue weighted by Gasteiger charge is 2.31. The fourth-order valence-electron chi connectivity index (χ4n) is 3.86. The Labute approximate surface area is 139 Å². The highest BCUT2D eigenvalue weighted by Crippen LogP contribution is 2.43. The number of rotatable bonds is 2. The van der Waals surface area contributed by atoms with Gasteiger partial charge in [-0.05, 0) is 60.9 Å². The van der Waals surface area contributed by atoms with Gasteiger partial charge in [0.1, 0.15) is 5.75 Å². The molecule has 1 aromatic heterocycles. The molecule has 23 heavy (non-hydrogen) atoms. The summed E-state index contributed by atoms with van der Waals surface area (Å²) in [5.41, 5.74) is 12.3. The van der Waals surface area contributed by atoms with Gasteiger partial charge in [-0.25, -0.2) is 4.79 Å². The molecule has 2 aliphatic rings. The molecule has 2 N–H and O–H groups in total. The zero-order chi connectivity index (χ0) is 16.0. The van der Waals surface area contributed by atoms with Crippen LogP contribution in [0.1, 0.15) is 46.8 Å². The second kappa shape index (κ2) is 5.53. The van der Waals surface area contributed by atoms with Crippen LogP contribution in [-0.2, 0) is 19.3 Å². The Morgan fingerprint density at radius 1 is 1.26 bits per heavy atom. The van der Waals surface area contributed by atoms with Gasteiger partial charge in [-0.3, -0.25) is 4.98 Å². The molecule has 2 aliphatic carbocycles. The molecule has 4 nitrogen and oxygen atoms in total. The van der Waals surface area contributed by atoms with Crippen molar-refractivity contribution < 1.29 is 9.53 Å². The van der Waals surface area contributed by atoms with E-state index in [9.17, 15) is 4.79 Å². The van der Waals surface area contributed by atoms with E-state index in [1.807, 2.05) is 18.2 Å². The van der Waals surface area contributed by atoms with Gasteiger partial charge in [0, 0.05) is 28.9 Å². The van der Waals surface area contributed by atoms with Crippen molar-refractivity contribution >= 4 is 22.7 Å². The van der Waals surface area contributed by atoms with Crippen LogP contribution in [0.4, 0.5) is 10.5 Å². The number of hydrogen-bond donors (Lipinski definition) is 1. The fraction of sp³-hybridized carbons (Fsp3) is 0.333. The van der Waals surface area contributed by atoms with E-state index < -0.39 is 5.43 Å². The first-order chi connectivity index (χ1) is 11.1. The predicted molar refractivity (Wildman–Crippen MR) is 89.2 cm³/mol. The van der Waals surface area contributed by atoms with Crippen LogP contribution in [0, 0.1) is 0 Å². The van der Waals surface area contributed by atoms with Crippen molar-refractivity contribution in [3.8, 4) is 5.75 Å². The number of nitrogens with zero attached hydrogens (tertiary/aromatic N) is 1. The van der Waals surface area contributed by atoms with Gasteiger partial charge in [-0.1, -0.05) is 12.1 Å². The number of nitrogens with two attached hydrogens (primary N) is 1. The Morgan fingerprint density at radius 2 is 2.13 bits per heavy atom. The molecule has 1 heterocycles. The van der Waals surface area contributed by atoms with Crippen LogP contribution in [0.25, 0.3) is 0 Å². The molecule has 1 aromatic carbocycles. The summed E-state index contributed by atoms with van der Waals surface area (Å²) >= 11 is 5.30. The van der Waals surface area contributed by atoms with Crippen molar-refractivity contribution in [2.75, 3.05) is 5.73 Å². The van der Waals surface area contributed by atoms with Gasteiger partial charge in [-0.2, -0.15) is 0 Å². The molecule has 4 rings (SSSR count). The molecule has 0 saturated heterocycles. The molecule has 0 amide bonds. The molecule has 0 radical (unpaired) electrons. The van der Waals surface area contributed by atoms with E-state index in [1.165, 1.54) is 11.1 Å². The molecule has 5 heteroatoms. The Balaban J connectivity index is 1.74. The molecule has 1 atom stereocenters. The maximum Gasteiger partial charge on any atom is 0.409 e. The lowest BCUT2D eigenvalue weighted by atomic mass is 9.95. The Bertz CT molecular complexity index is 804. The van der Waals surface area contributed by atoms with E-state index in [0.29, 0.717) is 5.75 Å². The lowest BCUT2D eigenvalue weighted by molar-refractivity contribution is 0.225. The quantitative estimate of drug-likeness (QED) is 0.847. The van der Waals surface area contributed by atoms with Gasteiger partial charge in [-0.15, -0.1) is 0 Å². The minimum absolute atomic E-state index is 0.201. The largest absolute Gasteiger partial charge is 0.414 e. The third kappa shape index (κ3) is 2.47. The summed E-state index contributed by atoms with van der Waals surface area (Å²) in [7, 11) is 0. The van der Waals surface area contributed by atoms with Crippen LogP contribution in [0.15, 0.2) is 24.3 Å². The van der Waals surface area contributed by atoms with Gasteiger partial charge < -0.3 is 10.5 Å². The SMILES string of the molecule is Nc1c2c(nc3c1CCC3c1cccc(OC(=O)Cl)c1)CCC2. The summed E-state index contributed by atoms with van der Waals surface area (Å²) in [5.74, 6) is 0.664. The maximum absolute atomic E-state index is 10.9. The molecule has 0 spiro atoms. The highest BCUT2D eigenvalue weighted by molar-refractivity contribution is 6.61. The van der Waals surface area contributed by atoms with Crippen LogP contribution in [0.5, 0.6) is 5.75 Å². The summed E-state index contributed by atoms with van der Waals surface area (Å²) in [6.45, 7) is 0. The minimum Gasteiger partial charge on any atom is -0.414 e. The van der Waals surface area contributed by atoms with Crippen molar-refractivity contribution in [1.82, 2.24) is 4.98 Å². The Kier molecular flexibility index (Phi) is 3.49. The number of benzene rings is 1. The number of ether oxygens (including phenoxy) is 1. The minimum atomic E-state index is -0.825. The lowest BCUT2D eigenvalue weighted by Gasteiger charge is -2.15. The normalized spacial score (nSPS) is 18.6. The van der Waals surface area contributed by atoms with E-state index >= 15 is 0 Å². The summed E-state index contributed by atoms with van der Waals surface area (Å²) in [5, 5.41) is 0. The molecule has 2 aromatic rings. The van der Waals surface area contributed by atoms with E-state index in [-0.39, 0.29) is 5.92 Å². The number of aryl methyl sites for hydroxylation is 1. The summed E-state index contributed by atoms with van der Waals surface area (Å²) in [4.78, 5) is 15.9. The predicted octanol–water partition coefficient (Wildman–Crippen LogP) is 3.97. The van der Waals surface area contributed by atoms with E-state index in [4.69, 9.17) is 27.1 Å².